The van der Waals surface area contributed by atoms with E-state index >= 15 is 0 Å². The molecule has 29 heavy (non-hydrogen) atoms. The van der Waals surface area contributed by atoms with Crippen molar-refractivity contribution in [3.05, 3.63) is 87.3 Å². The van der Waals surface area contributed by atoms with Gasteiger partial charge in [-0.2, -0.15) is 0 Å². The number of amides is 1. The number of furan rings is 1. The number of nitro benzene ring substituents is 1. The third kappa shape index (κ3) is 4.09. The number of nitrogens with one attached hydrogen (secondary N) is 1. The van der Waals surface area contributed by atoms with Crippen LogP contribution in [0.2, 0.25) is 0 Å². The highest BCUT2D eigenvalue weighted by Gasteiger charge is 2.24. The second-order valence-corrected chi connectivity index (χ2v) is 6.97. The Morgan fingerprint density at radius 1 is 1.10 bits per heavy atom. The molecule has 1 amide bonds. The lowest BCUT2D eigenvalue weighted by atomic mass is 10.1. The summed E-state index contributed by atoms with van der Waals surface area (Å²) in [5, 5.41) is 13.6. The molecule has 0 atom stereocenters. The normalized spacial score (nSPS) is 16.4. The molecule has 1 aliphatic rings. The highest BCUT2D eigenvalue weighted by Crippen LogP contribution is 2.31. The van der Waals surface area contributed by atoms with Gasteiger partial charge in [0.25, 0.3) is 11.6 Å². The maximum atomic E-state index is 13.7. The maximum Gasteiger partial charge on any atom is 0.269 e. The molecule has 7 nitrogen and oxygen atoms in total. The Morgan fingerprint density at radius 3 is 2.59 bits per heavy atom. The van der Waals surface area contributed by atoms with Crippen LogP contribution in [0.1, 0.15) is 5.76 Å². The van der Waals surface area contributed by atoms with Gasteiger partial charge in [-0.05, 0) is 48.2 Å². The minimum absolute atomic E-state index is 0.0108. The Kier molecular flexibility index (Phi) is 4.96. The second-order valence-electron chi connectivity index (χ2n) is 5.94. The van der Waals surface area contributed by atoms with Crippen molar-refractivity contribution in [1.29, 1.82) is 0 Å². The van der Waals surface area contributed by atoms with Crippen molar-refractivity contribution in [1.82, 2.24) is 5.32 Å². The Balaban J connectivity index is 1.54. The summed E-state index contributed by atoms with van der Waals surface area (Å²) in [6, 6.07) is 15.4. The first-order valence-electron chi connectivity index (χ1n) is 8.38. The summed E-state index contributed by atoms with van der Waals surface area (Å²) in [5.74, 6) is 0.1000. The average molecular weight is 409 g/mol. The zero-order chi connectivity index (χ0) is 20.4. The largest absolute Gasteiger partial charge is 0.457 e. The van der Waals surface area contributed by atoms with Crippen LogP contribution in [0.4, 0.5) is 15.8 Å². The van der Waals surface area contributed by atoms with Crippen LogP contribution in [0.25, 0.3) is 17.4 Å². The van der Waals surface area contributed by atoms with Crippen LogP contribution >= 0.6 is 11.8 Å². The van der Waals surface area contributed by atoms with Crippen molar-refractivity contribution in [2.24, 2.45) is 4.99 Å². The van der Waals surface area contributed by atoms with Gasteiger partial charge in [0, 0.05) is 23.8 Å². The van der Waals surface area contributed by atoms with Crippen molar-refractivity contribution >= 4 is 40.3 Å². The Morgan fingerprint density at radius 2 is 1.86 bits per heavy atom. The molecule has 0 radical (unpaired) electrons. The first-order chi connectivity index (χ1) is 14.0. The van der Waals surface area contributed by atoms with Gasteiger partial charge >= 0.3 is 0 Å². The number of halogens is 1. The zero-order valence-electron chi connectivity index (χ0n) is 14.7. The van der Waals surface area contributed by atoms with Gasteiger partial charge < -0.3 is 9.73 Å². The molecule has 1 fully saturated rings. The molecule has 0 aliphatic carbocycles. The molecule has 1 N–H and O–H groups in total. The van der Waals surface area contributed by atoms with Gasteiger partial charge in [-0.1, -0.05) is 12.1 Å². The average Bonchev–Trinajstić information content (AvgIpc) is 3.31. The second kappa shape index (κ2) is 7.72. The Labute approximate surface area is 168 Å². The van der Waals surface area contributed by atoms with Crippen molar-refractivity contribution in [2.75, 3.05) is 0 Å². The number of rotatable bonds is 4. The lowest BCUT2D eigenvalue weighted by Crippen LogP contribution is -2.19. The monoisotopic (exact) mass is 409 g/mol. The molecular weight excluding hydrogens is 397 g/mol. The summed E-state index contributed by atoms with van der Waals surface area (Å²) < 4.78 is 19.4. The third-order valence-electron chi connectivity index (χ3n) is 3.99. The predicted octanol–water partition coefficient (Wildman–Crippen LogP) is 4.89. The minimum atomic E-state index is -0.481. The van der Waals surface area contributed by atoms with Crippen molar-refractivity contribution < 1.29 is 18.5 Å². The molecule has 2 aromatic carbocycles. The van der Waals surface area contributed by atoms with E-state index < -0.39 is 10.7 Å². The Hall–Kier alpha value is -3.72. The highest BCUT2D eigenvalue weighted by molar-refractivity contribution is 8.18. The van der Waals surface area contributed by atoms with Crippen LogP contribution < -0.4 is 5.32 Å². The molecule has 144 valence electrons. The van der Waals surface area contributed by atoms with E-state index in [0.717, 1.165) is 11.8 Å². The van der Waals surface area contributed by atoms with E-state index in [2.05, 4.69) is 10.3 Å². The van der Waals surface area contributed by atoms with E-state index in [9.17, 15) is 19.3 Å². The SMILES string of the molecule is O=C1NC(=Nc2ccccc2F)S/C1=C\c1ccc(-c2ccc([N+](=O)[O-])cc2)o1. The molecule has 9 heteroatoms. The minimum Gasteiger partial charge on any atom is -0.457 e. The van der Waals surface area contributed by atoms with Crippen LogP contribution in [0.5, 0.6) is 0 Å². The van der Waals surface area contributed by atoms with Gasteiger partial charge in [0.05, 0.1) is 9.83 Å². The Bertz CT molecular complexity index is 1170. The van der Waals surface area contributed by atoms with Gasteiger partial charge in [0.2, 0.25) is 0 Å². The molecule has 0 spiro atoms. The lowest BCUT2D eigenvalue weighted by molar-refractivity contribution is -0.384. The number of benzene rings is 2. The molecule has 0 bridgehead atoms. The third-order valence-corrected chi connectivity index (χ3v) is 4.90. The van der Waals surface area contributed by atoms with Crippen LogP contribution in [-0.2, 0) is 4.79 Å². The number of hydrogen-bond acceptors (Lipinski definition) is 6. The van der Waals surface area contributed by atoms with Crippen LogP contribution in [0.15, 0.2) is 75.0 Å². The van der Waals surface area contributed by atoms with Gasteiger partial charge in [-0.3, -0.25) is 14.9 Å². The number of nitro groups is 1. The summed E-state index contributed by atoms with van der Waals surface area (Å²) in [6.45, 7) is 0. The summed E-state index contributed by atoms with van der Waals surface area (Å²) in [4.78, 5) is 26.9. The molecule has 0 unspecified atom stereocenters. The first kappa shape index (κ1) is 18.6. The fourth-order valence-corrected chi connectivity index (χ4v) is 3.41. The maximum absolute atomic E-state index is 13.7. The smallest absolute Gasteiger partial charge is 0.269 e. The van der Waals surface area contributed by atoms with Gasteiger partial charge in [-0.25, -0.2) is 9.38 Å². The number of non-ortho nitro benzene ring substituents is 1. The lowest BCUT2D eigenvalue weighted by Gasteiger charge is -1.97. The van der Waals surface area contributed by atoms with Gasteiger partial charge in [-0.15, -0.1) is 0 Å². The molecule has 0 saturated carbocycles. The summed E-state index contributed by atoms with van der Waals surface area (Å²) in [5.41, 5.74) is 0.795. The van der Waals surface area contributed by atoms with Gasteiger partial charge in [0.1, 0.15) is 23.0 Å². The molecule has 3 aromatic rings. The standard InChI is InChI=1S/C20H12FN3O4S/c21-15-3-1-2-4-16(15)22-20-23-19(25)18(29-20)11-14-9-10-17(28-14)12-5-7-13(8-6-12)24(26)27/h1-11H,(H,22,23,25)/b18-11-. The van der Waals surface area contributed by atoms with Crippen LogP contribution in [0, 0.1) is 15.9 Å². The van der Waals surface area contributed by atoms with Crippen molar-refractivity contribution in [3.63, 3.8) is 0 Å². The molecule has 1 saturated heterocycles. The summed E-state index contributed by atoms with van der Waals surface area (Å²) in [6.07, 6.45) is 1.55. The van der Waals surface area contributed by atoms with Crippen LogP contribution in [-0.4, -0.2) is 16.0 Å². The fourth-order valence-electron chi connectivity index (χ4n) is 2.59. The van der Waals surface area contributed by atoms with E-state index in [1.807, 2.05) is 0 Å². The van der Waals surface area contributed by atoms with Gasteiger partial charge in [0.15, 0.2) is 5.17 Å². The van der Waals surface area contributed by atoms with Crippen molar-refractivity contribution in [3.8, 4) is 11.3 Å². The molecule has 4 rings (SSSR count). The molecule has 2 heterocycles. The van der Waals surface area contributed by atoms with Crippen molar-refractivity contribution in [2.45, 2.75) is 0 Å². The highest BCUT2D eigenvalue weighted by atomic mass is 32.2. The predicted molar refractivity (Wildman–Crippen MR) is 108 cm³/mol. The summed E-state index contributed by atoms with van der Waals surface area (Å²) in [7, 11) is 0. The quantitative estimate of drug-likeness (QED) is 0.376. The number of amidine groups is 1. The summed E-state index contributed by atoms with van der Waals surface area (Å²) >= 11 is 1.08. The molecule has 1 aliphatic heterocycles. The van der Waals surface area contributed by atoms with E-state index in [4.69, 9.17) is 4.42 Å². The van der Waals surface area contributed by atoms with E-state index in [1.165, 1.54) is 24.3 Å². The number of aliphatic imine (C=N–C) groups is 1. The van der Waals surface area contributed by atoms with Crippen LogP contribution in [0.3, 0.4) is 0 Å². The zero-order valence-corrected chi connectivity index (χ0v) is 15.5. The molecular formula is C20H12FN3O4S. The fraction of sp³-hybridized carbons (Fsp3) is 0. The number of hydrogen-bond donors (Lipinski definition) is 1. The van der Waals surface area contributed by atoms with E-state index in [0.29, 0.717) is 22.0 Å². The number of carbonyl (C=O) groups excluding carboxylic acids is 1. The first-order valence-corrected chi connectivity index (χ1v) is 9.20. The number of nitrogens with zero attached hydrogens (tertiary/aromatic N) is 2. The number of carbonyl (C=O) groups is 1. The van der Waals surface area contributed by atoms with E-state index in [-0.39, 0.29) is 22.4 Å². The van der Waals surface area contributed by atoms with E-state index in [1.54, 1.807) is 42.5 Å². The number of thioether (sulfide) groups is 1. The molecule has 1 aromatic heterocycles. The number of para-hydroxylation sites is 1. The topological polar surface area (TPSA) is 97.7 Å².